The SMILES string of the molecule is CC(=O)c1ccc(Nc2nccc3ccc(Cl)cc23)cn1. The number of hydrogen-bond donors (Lipinski definition) is 1. The zero-order valence-electron chi connectivity index (χ0n) is 11.3. The van der Waals surface area contributed by atoms with Crippen LogP contribution in [0.5, 0.6) is 0 Å². The molecule has 0 amide bonds. The summed E-state index contributed by atoms with van der Waals surface area (Å²) in [7, 11) is 0. The number of carbonyl (C=O) groups is 1. The maximum Gasteiger partial charge on any atom is 0.178 e. The number of benzene rings is 1. The average molecular weight is 298 g/mol. The Hall–Kier alpha value is -2.46. The van der Waals surface area contributed by atoms with Crippen LogP contribution in [0.25, 0.3) is 10.8 Å². The number of aromatic nitrogens is 2. The van der Waals surface area contributed by atoms with E-state index in [-0.39, 0.29) is 5.78 Å². The molecule has 5 heteroatoms. The summed E-state index contributed by atoms with van der Waals surface area (Å²) in [6.45, 7) is 1.49. The smallest absolute Gasteiger partial charge is 0.178 e. The van der Waals surface area contributed by atoms with Crippen molar-refractivity contribution in [3.05, 3.63) is 59.5 Å². The molecule has 0 spiro atoms. The number of Topliss-reactive ketones (excluding diaryl/α,β-unsaturated/α-hetero) is 1. The number of anilines is 2. The van der Waals surface area contributed by atoms with Crippen LogP contribution in [-0.4, -0.2) is 15.8 Å². The molecule has 0 atom stereocenters. The number of halogens is 1. The normalized spacial score (nSPS) is 10.6. The summed E-state index contributed by atoms with van der Waals surface area (Å²) in [4.78, 5) is 19.7. The van der Waals surface area contributed by atoms with Gasteiger partial charge in [0, 0.05) is 23.5 Å². The van der Waals surface area contributed by atoms with Gasteiger partial charge in [0.25, 0.3) is 0 Å². The fraction of sp³-hybridized carbons (Fsp3) is 0.0625. The molecule has 0 saturated heterocycles. The maximum absolute atomic E-state index is 11.2. The third kappa shape index (κ3) is 2.85. The molecule has 2 heterocycles. The van der Waals surface area contributed by atoms with Gasteiger partial charge in [0.2, 0.25) is 0 Å². The third-order valence-electron chi connectivity index (χ3n) is 3.12. The first-order chi connectivity index (χ1) is 10.1. The molecule has 0 bridgehead atoms. The van der Waals surface area contributed by atoms with Crippen LogP contribution in [0.4, 0.5) is 11.5 Å². The number of ketones is 1. The average Bonchev–Trinajstić information content (AvgIpc) is 2.48. The highest BCUT2D eigenvalue weighted by molar-refractivity contribution is 6.31. The first kappa shape index (κ1) is 13.5. The van der Waals surface area contributed by atoms with E-state index in [4.69, 9.17) is 11.6 Å². The molecule has 3 rings (SSSR count). The Labute approximate surface area is 126 Å². The second kappa shape index (κ2) is 5.50. The zero-order chi connectivity index (χ0) is 14.8. The molecule has 0 saturated carbocycles. The fourth-order valence-electron chi connectivity index (χ4n) is 2.05. The topological polar surface area (TPSA) is 54.9 Å². The number of carbonyl (C=O) groups excluding carboxylic acids is 1. The first-order valence-corrected chi connectivity index (χ1v) is 6.79. The van der Waals surface area contributed by atoms with E-state index in [9.17, 15) is 4.79 Å². The summed E-state index contributed by atoms with van der Waals surface area (Å²) in [5.74, 6) is 0.643. The molecule has 0 unspecified atom stereocenters. The molecule has 21 heavy (non-hydrogen) atoms. The largest absolute Gasteiger partial charge is 0.338 e. The molecule has 0 aliphatic heterocycles. The van der Waals surface area contributed by atoms with Gasteiger partial charge in [0.15, 0.2) is 5.78 Å². The minimum absolute atomic E-state index is 0.0587. The lowest BCUT2D eigenvalue weighted by molar-refractivity contribution is 0.101. The summed E-state index contributed by atoms with van der Waals surface area (Å²) in [6.07, 6.45) is 3.34. The first-order valence-electron chi connectivity index (χ1n) is 6.42. The Kier molecular flexibility index (Phi) is 3.54. The summed E-state index contributed by atoms with van der Waals surface area (Å²) in [6, 6.07) is 11.1. The van der Waals surface area contributed by atoms with Crippen molar-refractivity contribution < 1.29 is 4.79 Å². The Balaban J connectivity index is 1.97. The fourth-order valence-corrected chi connectivity index (χ4v) is 2.23. The van der Waals surface area contributed by atoms with Gasteiger partial charge in [-0.15, -0.1) is 0 Å². The molecular weight excluding hydrogens is 286 g/mol. The molecule has 1 N–H and O–H groups in total. The quantitative estimate of drug-likeness (QED) is 0.735. The number of hydrogen-bond acceptors (Lipinski definition) is 4. The van der Waals surface area contributed by atoms with Gasteiger partial charge < -0.3 is 5.32 Å². The van der Waals surface area contributed by atoms with E-state index in [1.165, 1.54) is 6.92 Å². The van der Waals surface area contributed by atoms with Gasteiger partial charge in [-0.3, -0.25) is 9.78 Å². The minimum atomic E-state index is -0.0587. The van der Waals surface area contributed by atoms with Gasteiger partial charge in [0.05, 0.1) is 11.9 Å². The number of rotatable bonds is 3. The Morgan fingerprint density at radius 1 is 1.14 bits per heavy atom. The van der Waals surface area contributed by atoms with Gasteiger partial charge in [-0.2, -0.15) is 0 Å². The summed E-state index contributed by atoms with van der Waals surface area (Å²) < 4.78 is 0. The van der Waals surface area contributed by atoms with Gasteiger partial charge in [-0.05, 0) is 35.7 Å². The minimum Gasteiger partial charge on any atom is -0.338 e. The van der Waals surface area contributed by atoms with Crippen LogP contribution in [-0.2, 0) is 0 Å². The second-order valence-corrected chi connectivity index (χ2v) is 5.07. The van der Waals surface area contributed by atoms with Gasteiger partial charge in [-0.1, -0.05) is 17.7 Å². The number of pyridine rings is 2. The van der Waals surface area contributed by atoms with Crippen molar-refractivity contribution in [1.82, 2.24) is 9.97 Å². The molecule has 3 aromatic rings. The monoisotopic (exact) mass is 297 g/mol. The number of nitrogens with zero attached hydrogens (tertiary/aromatic N) is 2. The molecule has 4 nitrogen and oxygen atoms in total. The van der Waals surface area contributed by atoms with Gasteiger partial charge in [0.1, 0.15) is 11.5 Å². The molecule has 2 aromatic heterocycles. The van der Waals surface area contributed by atoms with Crippen LogP contribution in [0.2, 0.25) is 5.02 Å². The van der Waals surface area contributed by atoms with E-state index in [0.29, 0.717) is 16.5 Å². The van der Waals surface area contributed by atoms with E-state index in [0.717, 1.165) is 16.5 Å². The number of fused-ring (bicyclic) bond motifs is 1. The summed E-state index contributed by atoms with van der Waals surface area (Å²) in [5, 5.41) is 5.83. The zero-order valence-corrected chi connectivity index (χ0v) is 12.1. The lowest BCUT2D eigenvalue weighted by Gasteiger charge is -2.09. The molecule has 0 fully saturated rings. The second-order valence-electron chi connectivity index (χ2n) is 4.64. The molecule has 104 valence electrons. The molecule has 1 aromatic carbocycles. The summed E-state index contributed by atoms with van der Waals surface area (Å²) in [5.41, 5.74) is 1.20. The standard InChI is InChI=1S/C16H12ClN3O/c1-10(21)15-5-4-13(9-19-15)20-16-14-8-12(17)3-2-11(14)6-7-18-16/h2-9H,1H3,(H,18,20). The van der Waals surface area contributed by atoms with Gasteiger partial charge in [-0.25, -0.2) is 4.98 Å². The molecule has 0 aliphatic carbocycles. The van der Waals surface area contributed by atoms with E-state index < -0.39 is 0 Å². The van der Waals surface area contributed by atoms with E-state index >= 15 is 0 Å². The molecule has 0 aliphatic rings. The highest BCUT2D eigenvalue weighted by Crippen LogP contribution is 2.26. The van der Waals surface area contributed by atoms with Crippen molar-refractivity contribution in [3.8, 4) is 0 Å². The Bertz CT molecular complexity index is 815. The van der Waals surface area contributed by atoms with Crippen LogP contribution in [0.3, 0.4) is 0 Å². The van der Waals surface area contributed by atoms with Crippen molar-refractivity contribution in [2.45, 2.75) is 6.92 Å². The van der Waals surface area contributed by atoms with Crippen molar-refractivity contribution in [2.75, 3.05) is 5.32 Å². The predicted molar refractivity (Wildman–Crippen MR) is 84.3 cm³/mol. The highest BCUT2D eigenvalue weighted by Gasteiger charge is 2.05. The van der Waals surface area contributed by atoms with Crippen LogP contribution in [0.15, 0.2) is 48.8 Å². The molecule has 0 radical (unpaired) electrons. The van der Waals surface area contributed by atoms with Crippen LogP contribution >= 0.6 is 11.6 Å². The van der Waals surface area contributed by atoms with E-state index in [1.54, 1.807) is 24.5 Å². The van der Waals surface area contributed by atoms with Crippen LogP contribution in [0, 0.1) is 0 Å². The predicted octanol–water partition coefficient (Wildman–Crippen LogP) is 4.23. The lowest BCUT2D eigenvalue weighted by atomic mass is 10.1. The van der Waals surface area contributed by atoms with Crippen LogP contribution in [0.1, 0.15) is 17.4 Å². The maximum atomic E-state index is 11.2. The lowest BCUT2D eigenvalue weighted by Crippen LogP contribution is -1.99. The summed E-state index contributed by atoms with van der Waals surface area (Å²) >= 11 is 6.04. The van der Waals surface area contributed by atoms with Crippen molar-refractivity contribution >= 4 is 39.7 Å². The Morgan fingerprint density at radius 2 is 2.00 bits per heavy atom. The Morgan fingerprint density at radius 3 is 2.71 bits per heavy atom. The highest BCUT2D eigenvalue weighted by atomic mass is 35.5. The van der Waals surface area contributed by atoms with Crippen LogP contribution < -0.4 is 5.32 Å². The van der Waals surface area contributed by atoms with Crippen molar-refractivity contribution in [3.63, 3.8) is 0 Å². The third-order valence-corrected chi connectivity index (χ3v) is 3.35. The van der Waals surface area contributed by atoms with E-state index in [2.05, 4.69) is 15.3 Å². The van der Waals surface area contributed by atoms with Crippen molar-refractivity contribution in [1.29, 1.82) is 0 Å². The molecular formula is C16H12ClN3O. The van der Waals surface area contributed by atoms with Gasteiger partial charge >= 0.3 is 0 Å². The van der Waals surface area contributed by atoms with Crippen molar-refractivity contribution in [2.24, 2.45) is 0 Å². The van der Waals surface area contributed by atoms with E-state index in [1.807, 2.05) is 24.3 Å². The number of nitrogens with one attached hydrogen (secondary N) is 1.